The van der Waals surface area contributed by atoms with Crippen LogP contribution in [0.15, 0.2) is 41.5 Å². The van der Waals surface area contributed by atoms with Crippen molar-refractivity contribution in [3.8, 4) is 0 Å². The monoisotopic (exact) mass is 787 g/mol. The molecule has 0 saturated heterocycles. The lowest BCUT2D eigenvalue weighted by Crippen LogP contribution is -2.65. The number of nitrogens with zero attached hydrogens (tertiary/aromatic N) is 2. The number of carbonyl (C=O) groups excluding carboxylic acids is 4. The molecule has 1 N–H and O–H groups in total. The molecule has 9 nitrogen and oxygen atoms in total. The van der Waals surface area contributed by atoms with Gasteiger partial charge in [-0.1, -0.05) is 84.4 Å². The van der Waals surface area contributed by atoms with E-state index >= 15 is 0 Å². The van der Waals surface area contributed by atoms with E-state index in [0.717, 1.165) is 62.5 Å². The zero-order valence-electron chi connectivity index (χ0n) is 36.8. The number of Topliss-reactive ketones (excluding diaryl/α,β-unsaturated/α-hetero) is 1. The van der Waals surface area contributed by atoms with Crippen LogP contribution in [0.2, 0.25) is 0 Å². The summed E-state index contributed by atoms with van der Waals surface area (Å²) in [7, 11) is 3.23. The van der Waals surface area contributed by atoms with E-state index in [1.807, 2.05) is 30.3 Å². The summed E-state index contributed by atoms with van der Waals surface area (Å²) in [4.78, 5) is 69.0. The molecule has 1 aromatic rings. The maximum Gasteiger partial charge on any atom is 0.312 e. The van der Waals surface area contributed by atoms with E-state index in [2.05, 4.69) is 48.5 Å². The number of carboxylic acid groups (broad SMARTS) is 1. The third-order valence-corrected chi connectivity index (χ3v) is 16.9. The molecule has 314 valence electrons. The van der Waals surface area contributed by atoms with Gasteiger partial charge in [-0.2, -0.15) is 0 Å². The molecule has 0 aliphatic heterocycles. The Morgan fingerprint density at radius 1 is 0.860 bits per heavy atom. The van der Waals surface area contributed by atoms with Gasteiger partial charge in [0.15, 0.2) is 5.78 Å². The van der Waals surface area contributed by atoms with Gasteiger partial charge in [0.25, 0.3) is 0 Å². The zero-order valence-corrected chi connectivity index (χ0v) is 36.8. The van der Waals surface area contributed by atoms with Crippen molar-refractivity contribution in [2.24, 2.45) is 56.2 Å². The van der Waals surface area contributed by atoms with Crippen molar-refractivity contribution in [2.45, 2.75) is 146 Å². The molecule has 0 spiro atoms. The fourth-order valence-electron chi connectivity index (χ4n) is 13.6. The number of ether oxygens (including phenoxy) is 1. The van der Waals surface area contributed by atoms with E-state index in [1.165, 1.54) is 10.5 Å². The number of carboxylic acids is 1. The highest BCUT2D eigenvalue weighted by atomic mass is 16.5. The molecule has 6 rings (SSSR count). The Morgan fingerprint density at radius 3 is 2.14 bits per heavy atom. The SMILES string of the molecule is CC(C)C1=C2C3CCC4C5(C)CCC(OC(=O)CC(C)(C)C(=O)O)C(C)(C)C5CCC4(C)C3(C)CCC2(CCN(Cc2ccccc2)C(=O)C(=O)N(C)C)CC1=O. The van der Waals surface area contributed by atoms with E-state index in [0.29, 0.717) is 37.8 Å². The van der Waals surface area contributed by atoms with Gasteiger partial charge in [0.1, 0.15) is 6.10 Å². The van der Waals surface area contributed by atoms with E-state index < -0.39 is 29.2 Å². The van der Waals surface area contributed by atoms with Gasteiger partial charge in [0, 0.05) is 44.4 Å². The second-order valence-corrected chi connectivity index (χ2v) is 21.3. The highest BCUT2D eigenvalue weighted by molar-refractivity contribution is 6.34. The van der Waals surface area contributed by atoms with Crippen molar-refractivity contribution < 1.29 is 33.8 Å². The van der Waals surface area contributed by atoms with Crippen LogP contribution in [0.25, 0.3) is 0 Å². The third kappa shape index (κ3) is 7.08. The normalized spacial score (nSPS) is 34.4. The number of ketones is 1. The standard InChI is InChI=1S/C48H70N2O7/c1-30(2)38-33(51)27-48(25-26-50(41(54)40(53)49(10)11)29-31-15-13-12-14-16-31)24-23-46(8)32(39(38)48)17-18-35-45(7)21-20-36(57-37(52)28-43(3,4)42(55)56)44(5,6)34(45)19-22-47(35,46)9/h12-16,30,32,34-36H,17-29H2,1-11H3,(H,55,56). The molecule has 4 fully saturated rings. The van der Waals surface area contributed by atoms with Gasteiger partial charge in [-0.25, -0.2) is 0 Å². The van der Waals surface area contributed by atoms with Crippen molar-refractivity contribution in [3.05, 3.63) is 47.0 Å². The number of esters is 1. The van der Waals surface area contributed by atoms with Crippen LogP contribution in [-0.4, -0.2) is 71.2 Å². The van der Waals surface area contributed by atoms with Crippen LogP contribution in [-0.2, 0) is 35.3 Å². The molecule has 1 aromatic carbocycles. The van der Waals surface area contributed by atoms with Crippen LogP contribution >= 0.6 is 0 Å². The second-order valence-electron chi connectivity index (χ2n) is 21.3. The molecule has 4 saturated carbocycles. The van der Waals surface area contributed by atoms with Crippen LogP contribution < -0.4 is 0 Å². The summed E-state index contributed by atoms with van der Waals surface area (Å²) >= 11 is 0. The summed E-state index contributed by atoms with van der Waals surface area (Å²) in [5, 5.41) is 9.64. The number of carbonyl (C=O) groups is 5. The van der Waals surface area contributed by atoms with Gasteiger partial charge in [-0.15, -0.1) is 0 Å². The van der Waals surface area contributed by atoms with Crippen LogP contribution in [0.5, 0.6) is 0 Å². The van der Waals surface area contributed by atoms with Gasteiger partial charge in [-0.05, 0) is 123 Å². The zero-order chi connectivity index (χ0) is 42.1. The summed E-state index contributed by atoms with van der Waals surface area (Å²) < 4.78 is 6.18. The van der Waals surface area contributed by atoms with Crippen LogP contribution in [0.4, 0.5) is 0 Å². The molecular weight excluding hydrogens is 717 g/mol. The molecule has 0 aromatic heterocycles. The first-order chi connectivity index (χ1) is 26.4. The fraction of sp³-hybridized carbons (Fsp3) is 0.729. The molecule has 0 heterocycles. The number of allylic oxidation sites excluding steroid dienone is 2. The minimum absolute atomic E-state index is 0.0240. The van der Waals surface area contributed by atoms with E-state index in [9.17, 15) is 29.1 Å². The highest BCUT2D eigenvalue weighted by Crippen LogP contribution is 2.77. The predicted molar refractivity (Wildman–Crippen MR) is 221 cm³/mol. The van der Waals surface area contributed by atoms with Crippen LogP contribution in [0.1, 0.15) is 139 Å². The molecule has 0 bridgehead atoms. The Morgan fingerprint density at radius 2 is 1.53 bits per heavy atom. The lowest BCUT2D eigenvalue weighted by atomic mass is 9.33. The van der Waals surface area contributed by atoms with Crippen molar-refractivity contribution in [1.82, 2.24) is 9.80 Å². The number of fused-ring (bicyclic) bond motifs is 7. The average Bonchev–Trinajstić information content (AvgIpc) is 3.43. The van der Waals surface area contributed by atoms with Crippen molar-refractivity contribution >= 4 is 29.5 Å². The largest absolute Gasteiger partial charge is 0.481 e. The Kier molecular flexibility index (Phi) is 11.3. The van der Waals surface area contributed by atoms with Crippen molar-refractivity contribution in [2.75, 3.05) is 20.6 Å². The van der Waals surface area contributed by atoms with E-state index in [4.69, 9.17) is 4.74 Å². The minimum Gasteiger partial charge on any atom is -0.481 e. The molecule has 8 atom stereocenters. The highest BCUT2D eigenvalue weighted by Gasteiger charge is 2.70. The smallest absolute Gasteiger partial charge is 0.312 e. The molecule has 5 aliphatic rings. The fourth-order valence-corrected chi connectivity index (χ4v) is 13.6. The molecule has 8 unspecified atom stereocenters. The Balaban J connectivity index is 1.29. The molecule has 5 aliphatic carbocycles. The lowest BCUT2D eigenvalue weighted by molar-refractivity contribution is -0.233. The van der Waals surface area contributed by atoms with Gasteiger partial charge >= 0.3 is 23.8 Å². The summed E-state index contributed by atoms with van der Waals surface area (Å²) in [5.74, 6) is -1.02. The first-order valence-corrected chi connectivity index (χ1v) is 21.7. The number of likely N-dealkylation sites (N-methyl/N-ethyl adjacent to an activating group) is 1. The Labute approximate surface area is 341 Å². The maximum absolute atomic E-state index is 14.3. The lowest BCUT2D eigenvalue weighted by Gasteiger charge is -2.72. The summed E-state index contributed by atoms with van der Waals surface area (Å²) in [6.45, 7) is 20.4. The first kappa shape index (κ1) is 43.1. The van der Waals surface area contributed by atoms with Crippen LogP contribution in [0.3, 0.4) is 0 Å². The Bertz CT molecular complexity index is 1810. The van der Waals surface area contributed by atoms with Crippen molar-refractivity contribution in [1.29, 1.82) is 0 Å². The second kappa shape index (κ2) is 15.0. The molecular formula is C48H70N2O7. The topological polar surface area (TPSA) is 121 Å². The number of amides is 2. The summed E-state index contributed by atoms with van der Waals surface area (Å²) in [5.41, 5.74) is 1.64. The number of hydrogen-bond acceptors (Lipinski definition) is 6. The number of benzene rings is 1. The average molecular weight is 787 g/mol. The van der Waals surface area contributed by atoms with Gasteiger partial charge < -0.3 is 19.6 Å². The van der Waals surface area contributed by atoms with Crippen molar-refractivity contribution in [3.63, 3.8) is 0 Å². The molecule has 57 heavy (non-hydrogen) atoms. The number of hydrogen-bond donors (Lipinski definition) is 1. The first-order valence-electron chi connectivity index (χ1n) is 21.7. The Hall–Kier alpha value is -3.49. The molecule has 0 radical (unpaired) electrons. The van der Waals surface area contributed by atoms with Gasteiger partial charge in [0.05, 0.1) is 11.8 Å². The number of aliphatic carboxylic acids is 1. The number of rotatable bonds is 10. The quantitative estimate of drug-likeness (QED) is 0.186. The third-order valence-electron chi connectivity index (χ3n) is 16.9. The molecule has 2 amide bonds. The predicted octanol–water partition coefficient (Wildman–Crippen LogP) is 8.89. The van der Waals surface area contributed by atoms with Crippen LogP contribution in [0, 0.1) is 56.2 Å². The summed E-state index contributed by atoms with van der Waals surface area (Å²) in [6, 6.07) is 9.84. The van der Waals surface area contributed by atoms with Gasteiger partial charge in [0.2, 0.25) is 0 Å². The maximum atomic E-state index is 14.3. The van der Waals surface area contributed by atoms with E-state index in [-0.39, 0.29) is 57.2 Å². The van der Waals surface area contributed by atoms with Gasteiger partial charge in [-0.3, -0.25) is 24.0 Å². The van der Waals surface area contributed by atoms with E-state index in [1.54, 1.807) is 32.8 Å². The summed E-state index contributed by atoms with van der Waals surface area (Å²) in [6.07, 6.45) is 8.56. The minimum atomic E-state index is -1.18. The molecule has 9 heteroatoms.